The van der Waals surface area contributed by atoms with Gasteiger partial charge in [0, 0.05) is 30.4 Å². The Morgan fingerprint density at radius 3 is 2.53 bits per heavy atom. The lowest BCUT2D eigenvalue weighted by Crippen LogP contribution is -2.52. The molecule has 0 N–H and O–H groups in total. The minimum absolute atomic E-state index is 0.0211. The first-order valence-corrected chi connectivity index (χ1v) is 13.4. The van der Waals surface area contributed by atoms with Crippen molar-refractivity contribution in [1.82, 2.24) is 15.1 Å². The Hall–Kier alpha value is -1.99. The van der Waals surface area contributed by atoms with E-state index in [0.29, 0.717) is 22.6 Å². The summed E-state index contributed by atoms with van der Waals surface area (Å²) in [4.78, 5) is 17.3. The van der Waals surface area contributed by atoms with Crippen LogP contribution in [-0.4, -0.2) is 60.6 Å². The van der Waals surface area contributed by atoms with Crippen molar-refractivity contribution in [2.75, 3.05) is 36.0 Å². The van der Waals surface area contributed by atoms with Gasteiger partial charge in [-0.1, -0.05) is 17.9 Å². The molecular weight excluding hydrogens is 485 g/mol. The highest BCUT2D eigenvalue weighted by molar-refractivity contribution is 7.91. The number of hydrogen-bond acceptors (Lipinski definition) is 8. The predicted molar refractivity (Wildman–Crippen MR) is 116 cm³/mol. The van der Waals surface area contributed by atoms with Crippen LogP contribution < -0.4 is 4.90 Å². The molecule has 1 atom stereocenters. The number of halogens is 3. The molecule has 13 heteroatoms. The second-order valence-corrected chi connectivity index (χ2v) is 12.1. The molecule has 2 aliphatic heterocycles. The highest BCUT2D eigenvalue weighted by Crippen LogP contribution is 2.38. The number of alkyl halides is 2. The fraction of sp³-hybridized carbons (Fsp3) is 0.526. The summed E-state index contributed by atoms with van der Waals surface area (Å²) in [5.41, 5.74) is 0. The van der Waals surface area contributed by atoms with Gasteiger partial charge in [-0.2, -0.15) is 13.2 Å². The van der Waals surface area contributed by atoms with Gasteiger partial charge in [-0.3, -0.25) is 4.79 Å². The van der Waals surface area contributed by atoms with E-state index < -0.39 is 37.9 Å². The van der Waals surface area contributed by atoms with Crippen LogP contribution in [0.4, 0.5) is 18.3 Å². The molecule has 0 aromatic carbocycles. The van der Waals surface area contributed by atoms with Crippen LogP contribution in [0.15, 0.2) is 24.8 Å². The molecular formula is C19H21F3N4O3S3. The number of carbonyl (C=O) groups is 1. The number of thiophene rings is 1. The van der Waals surface area contributed by atoms with Crippen LogP contribution in [-0.2, 0) is 20.6 Å². The molecule has 4 heterocycles. The van der Waals surface area contributed by atoms with Crippen molar-refractivity contribution in [3.63, 3.8) is 0 Å². The number of allylic oxidation sites excluding steroid dienone is 1. The zero-order valence-corrected chi connectivity index (χ0v) is 19.4. The molecule has 2 aromatic rings. The van der Waals surface area contributed by atoms with Gasteiger partial charge in [0.1, 0.15) is 9.84 Å². The standard InChI is InChI=1S/C19H21F3N4O3S3/c1-2-19(21,22)17-23-24-18(31-17)25-7-8-26(13(11-25)14-3-4-15(20)30-14)16(27)12-5-9-32(28,29)10-6-12/h2-4,12-13H,1,5-11H2. The number of sulfone groups is 1. The molecule has 2 fully saturated rings. The zero-order valence-electron chi connectivity index (χ0n) is 16.9. The molecule has 2 aliphatic rings. The Labute approximate surface area is 191 Å². The Morgan fingerprint density at radius 2 is 1.91 bits per heavy atom. The van der Waals surface area contributed by atoms with E-state index in [1.807, 2.05) is 0 Å². The summed E-state index contributed by atoms with van der Waals surface area (Å²) in [5, 5.41) is 6.91. The first kappa shape index (κ1) is 23.2. The number of aromatic nitrogens is 2. The van der Waals surface area contributed by atoms with Crippen LogP contribution in [0.1, 0.15) is 28.8 Å². The van der Waals surface area contributed by atoms with Gasteiger partial charge in [0.15, 0.2) is 10.1 Å². The van der Waals surface area contributed by atoms with Gasteiger partial charge in [0.2, 0.25) is 11.0 Å². The molecule has 0 aliphatic carbocycles. The highest BCUT2D eigenvalue weighted by Gasteiger charge is 2.39. The second-order valence-electron chi connectivity index (χ2n) is 7.78. The average molecular weight is 507 g/mol. The van der Waals surface area contributed by atoms with Gasteiger partial charge in [0.25, 0.3) is 0 Å². The lowest BCUT2D eigenvalue weighted by Gasteiger charge is -2.42. The molecule has 2 saturated heterocycles. The zero-order chi connectivity index (χ0) is 23.1. The van der Waals surface area contributed by atoms with E-state index in [-0.39, 0.29) is 43.3 Å². The largest absolute Gasteiger partial charge is 0.342 e. The number of carbonyl (C=O) groups excluding carboxylic acids is 1. The molecule has 7 nitrogen and oxygen atoms in total. The quantitative estimate of drug-likeness (QED) is 0.579. The summed E-state index contributed by atoms with van der Waals surface area (Å²) in [5.74, 6) is -3.89. The topological polar surface area (TPSA) is 83.5 Å². The van der Waals surface area contributed by atoms with E-state index in [1.165, 1.54) is 6.07 Å². The lowest BCUT2D eigenvalue weighted by molar-refractivity contribution is -0.138. The van der Waals surface area contributed by atoms with E-state index in [9.17, 15) is 26.4 Å². The van der Waals surface area contributed by atoms with Crippen molar-refractivity contribution in [1.29, 1.82) is 0 Å². The molecule has 32 heavy (non-hydrogen) atoms. The van der Waals surface area contributed by atoms with Crippen LogP contribution in [0, 0.1) is 11.0 Å². The summed E-state index contributed by atoms with van der Waals surface area (Å²) < 4.78 is 65.0. The summed E-state index contributed by atoms with van der Waals surface area (Å²) in [6.07, 6.45) is 1.04. The molecule has 0 bridgehead atoms. The molecule has 2 aromatic heterocycles. The first-order valence-electron chi connectivity index (χ1n) is 9.96. The normalized spacial score (nSPS) is 22.2. The summed E-state index contributed by atoms with van der Waals surface area (Å²) in [6, 6.07) is 2.43. The van der Waals surface area contributed by atoms with Crippen molar-refractivity contribution >= 4 is 43.5 Å². The summed E-state index contributed by atoms with van der Waals surface area (Å²) in [7, 11) is -3.11. The van der Waals surface area contributed by atoms with Gasteiger partial charge in [-0.25, -0.2) is 8.42 Å². The third kappa shape index (κ3) is 4.69. The average Bonchev–Trinajstić information content (AvgIpc) is 3.43. The Balaban J connectivity index is 1.56. The molecule has 1 amide bonds. The minimum Gasteiger partial charge on any atom is -0.342 e. The fourth-order valence-corrected chi connectivity index (χ4v) is 7.09. The van der Waals surface area contributed by atoms with E-state index >= 15 is 0 Å². The Kier molecular flexibility index (Phi) is 6.34. The van der Waals surface area contributed by atoms with Gasteiger partial charge in [0.05, 0.1) is 17.5 Å². The van der Waals surface area contributed by atoms with Crippen LogP contribution in [0.5, 0.6) is 0 Å². The van der Waals surface area contributed by atoms with Crippen LogP contribution in [0.3, 0.4) is 0 Å². The molecule has 4 rings (SSSR count). The number of anilines is 1. The van der Waals surface area contributed by atoms with Crippen molar-refractivity contribution in [2.24, 2.45) is 5.92 Å². The smallest absolute Gasteiger partial charge is 0.319 e. The van der Waals surface area contributed by atoms with Gasteiger partial charge in [-0.05, 0) is 31.1 Å². The number of piperazine rings is 1. The molecule has 0 saturated carbocycles. The number of hydrogen-bond donors (Lipinski definition) is 0. The van der Waals surface area contributed by atoms with Crippen LogP contribution >= 0.6 is 22.7 Å². The summed E-state index contributed by atoms with van der Waals surface area (Å²) in [6.45, 7) is 3.99. The Bertz CT molecular complexity index is 1100. The highest BCUT2D eigenvalue weighted by atomic mass is 32.2. The monoisotopic (exact) mass is 506 g/mol. The molecule has 0 spiro atoms. The van der Waals surface area contributed by atoms with E-state index in [4.69, 9.17) is 0 Å². The predicted octanol–water partition coefficient (Wildman–Crippen LogP) is 3.23. The molecule has 0 radical (unpaired) electrons. The van der Waals surface area contributed by atoms with Crippen molar-refractivity contribution < 1.29 is 26.4 Å². The van der Waals surface area contributed by atoms with Crippen molar-refractivity contribution in [3.05, 3.63) is 39.8 Å². The fourth-order valence-electron chi connectivity index (χ4n) is 3.91. The van der Waals surface area contributed by atoms with Crippen LogP contribution in [0.25, 0.3) is 0 Å². The lowest BCUT2D eigenvalue weighted by atomic mass is 9.98. The van der Waals surface area contributed by atoms with Crippen molar-refractivity contribution in [2.45, 2.75) is 24.8 Å². The van der Waals surface area contributed by atoms with Gasteiger partial charge >= 0.3 is 5.92 Å². The summed E-state index contributed by atoms with van der Waals surface area (Å²) >= 11 is 1.68. The third-order valence-corrected chi connectivity index (χ3v) is 9.48. The Morgan fingerprint density at radius 1 is 1.19 bits per heavy atom. The number of nitrogens with zero attached hydrogens (tertiary/aromatic N) is 4. The maximum atomic E-state index is 13.9. The number of amides is 1. The maximum Gasteiger partial charge on any atom is 0.319 e. The minimum atomic E-state index is -3.29. The second kappa shape index (κ2) is 8.75. The maximum absolute atomic E-state index is 13.9. The van der Waals surface area contributed by atoms with Gasteiger partial charge in [-0.15, -0.1) is 21.5 Å². The number of rotatable bonds is 5. The van der Waals surface area contributed by atoms with E-state index in [1.54, 1.807) is 15.9 Å². The SMILES string of the molecule is C=CC(F)(F)c1nnc(N2CCN(C(=O)C3CCS(=O)(=O)CC3)C(c3ccc(F)s3)C2)s1. The first-order chi connectivity index (χ1) is 15.1. The molecule has 1 unspecified atom stereocenters. The third-order valence-electron chi connectivity index (χ3n) is 5.72. The van der Waals surface area contributed by atoms with Gasteiger partial charge < -0.3 is 9.80 Å². The van der Waals surface area contributed by atoms with E-state index in [0.717, 1.165) is 22.7 Å². The van der Waals surface area contributed by atoms with E-state index in [2.05, 4.69) is 16.8 Å². The van der Waals surface area contributed by atoms with Crippen molar-refractivity contribution in [3.8, 4) is 0 Å². The molecule has 174 valence electrons. The van der Waals surface area contributed by atoms with Crippen LogP contribution in [0.2, 0.25) is 0 Å².